The number of hydrogen-bond acceptors (Lipinski definition) is 8. The molecule has 2 aromatic rings. The topological polar surface area (TPSA) is 90.2 Å². The van der Waals surface area contributed by atoms with Gasteiger partial charge in [-0.1, -0.05) is 5.16 Å². The van der Waals surface area contributed by atoms with Crippen LogP contribution in [0.2, 0.25) is 0 Å². The minimum Gasteiger partial charge on any atom is -0.493 e. The molecule has 0 radical (unpaired) electrons. The van der Waals surface area contributed by atoms with Gasteiger partial charge in [0.05, 0.1) is 34.0 Å². The van der Waals surface area contributed by atoms with E-state index in [9.17, 15) is 4.79 Å². The molecule has 30 heavy (non-hydrogen) atoms. The van der Waals surface area contributed by atoms with Gasteiger partial charge in [0.15, 0.2) is 11.5 Å². The Morgan fingerprint density at radius 2 is 1.83 bits per heavy atom. The van der Waals surface area contributed by atoms with Crippen molar-refractivity contribution in [3.05, 3.63) is 24.1 Å². The maximum Gasteiger partial charge on any atom is 0.241 e. The Balaban J connectivity index is 1.32. The molecule has 4 rings (SSSR count). The first-order valence-electron chi connectivity index (χ1n) is 10.3. The highest BCUT2D eigenvalue weighted by molar-refractivity contribution is 5.79. The number of rotatable bonds is 6. The molecule has 0 N–H and O–H groups in total. The van der Waals surface area contributed by atoms with Crippen LogP contribution >= 0.6 is 0 Å². The summed E-state index contributed by atoms with van der Waals surface area (Å²) in [7, 11) is 3.19. The molecular formula is C21H28N4O5. The van der Waals surface area contributed by atoms with Crippen molar-refractivity contribution in [2.24, 2.45) is 5.92 Å². The standard InChI is InChI=1S/C21H28N4O5/c1-27-17-4-3-16(13-18(17)28-2)20-22-19(30-23-20)14-24-7-5-15(6-8-24)21(26)25-9-11-29-12-10-25/h3-4,13,15H,5-12,14H2,1-2H3. The Morgan fingerprint density at radius 3 is 2.53 bits per heavy atom. The van der Waals surface area contributed by atoms with Gasteiger partial charge in [0.25, 0.3) is 0 Å². The maximum atomic E-state index is 12.7. The molecule has 1 aromatic carbocycles. The quantitative estimate of drug-likeness (QED) is 0.705. The molecule has 1 aromatic heterocycles. The number of ether oxygens (including phenoxy) is 3. The highest BCUT2D eigenvalue weighted by Gasteiger charge is 2.30. The number of benzene rings is 1. The lowest BCUT2D eigenvalue weighted by Crippen LogP contribution is -2.46. The molecular weight excluding hydrogens is 388 g/mol. The molecule has 9 nitrogen and oxygen atoms in total. The molecule has 1 amide bonds. The van der Waals surface area contributed by atoms with E-state index in [1.165, 1.54) is 0 Å². The molecule has 0 aliphatic carbocycles. The van der Waals surface area contributed by atoms with Gasteiger partial charge < -0.3 is 23.6 Å². The van der Waals surface area contributed by atoms with Crippen molar-refractivity contribution in [1.82, 2.24) is 19.9 Å². The lowest BCUT2D eigenvalue weighted by atomic mass is 9.95. The van der Waals surface area contributed by atoms with Crippen LogP contribution in [0.15, 0.2) is 22.7 Å². The first kappa shape index (κ1) is 20.6. The number of aromatic nitrogens is 2. The number of hydrogen-bond donors (Lipinski definition) is 0. The summed E-state index contributed by atoms with van der Waals surface area (Å²) in [6.45, 7) is 4.97. The first-order chi connectivity index (χ1) is 14.7. The number of carbonyl (C=O) groups excluding carboxylic acids is 1. The van der Waals surface area contributed by atoms with Crippen molar-refractivity contribution in [3.8, 4) is 22.9 Å². The molecule has 3 heterocycles. The van der Waals surface area contributed by atoms with Crippen molar-refractivity contribution >= 4 is 5.91 Å². The number of amides is 1. The number of morpholine rings is 1. The summed E-state index contributed by atoms with van der Waals surface area (Å²) >= 11 is 0. The SMILES string of the molecule is COc1ccc(-c2noc(CN3CCC(C(=O)N4CCOCC4)CC3)n2)cc1OC. The second kappa shape index (κ2) is 9.44. The fraction of sp³-hybridized carbons (Fsp3) is 0.571. The van der Waals surface area contributed by atoms with Crippen LogP contribution in [0.5, 0.6) is 11.5 Å². The second-order valence-corrected chi connectivity index (χ2v) is 7.57. The van der Waals surface area contributed by atoms with E-state index in [1.807, 2.05) is 23.1 Å². The van der Waals surface area contributed by atoms with E-state index in [0.29, 0.717) is 56.1 Å². The number of likely N-dealkylation sites (tertiary alicyclic amines) is 1. The summed E-state index contributed by atoms with van der Waals surface area (Å²) in [6, 6.07) is 5.52. The molecule has 2 fully saturated rings. The van der Waals surface area contributed by atoms with Gasteiger partial charge in [-0.2, -0.15) is 4.98 Å². The highest BCUT2D eigenvalue weighted by atomic mass is 16.5. The average Bonchev–Trinajstić information content (AvgIpc) is 3.27. The number of carbonyl (C=O) groups is 1. The van der Waals surface area contributed by atoms with Gasteiger partial charge in [-0.05, 0) is 44.1 Å². The molecule has 2 aliphatic rings. The number of methoxy groups -OCH3 is 2. The van der Waals surface area contributed by atoms with Crippen LogP contribution in [-0.2, 0) is 16.1 Å². The van der Waals surface area contributed by atoms with Crippen LogP contribution in [0.3, 0.4) is 0 Å². The van der Waals surface area contributed by atoms with Crippen molar-refractivity contribution < 1.29 is 23.5 Å². The fourth-order valence-electron chi connectivity index (χ4n) is 3.98. The molecule has 2 aliphatic heterocycles. The third kappa shape index (κ3) is 4.57. The Kier molecular flexibility index (Phi) is 6.49. The zero-order chi connectivity index (χ0) is 20.9. The van der Waals surface area contributed by atoms with E-state index in [0.717, 1.165) is 31.5 Å². The summed E-state index contributed by atoms with van der Waals surface area (Å²) < 4.78 is 21.4. The summed E-state index contributed by atoms with van der Waals surface area (Å²) in [4.78, 5) is 21.4. The maximum absolute atomic E-state index is 12.7. The highest BCUT2D eigenvalue weighted by Crippen LogP contribution is 2.31. The van der Waals surface area contributed by atoms with Crippen molar-refractivity contribution in [2.45, 2.75) is 19.4 Å². The lowest BCUT2D eigenvalue weighted by molar-refractivity contribution is -0.141. The van der Waals surface area contributed by atoms with E-state index in [4.69, 9.17) is 18.7 Å². The van der Waals surface area contributed by atoms with E-state index in [1.54, 1.807) is 14.2 Å². The Bertz CT molecular complexity index is 857. The van der Waals surface area contributed by atoms with E-state index in [2.05, 4.69) is 15.0 Å². The molecule has 0 bridgehead atoms. The largest absolute Gasteiger partial charge is 0.493 e. The molecule has 0 atom stereocenters. The molecule has 9 heteroatoms. The zero-order valence-corrected chi connectivity index (χ0v) is 17.5. The molecule has 0 unspecified atom stereocenters. The van der Waals surface area contributed by atoms with Gasteiger partial charge in [-0.15, -0.1) is 0 Å². The minimum absolute atomic E-state index is 0.101. The predicted octanol–water partition coefficient (Wildman–Crippen LogP) is 1.82. The molecule has 0 spiro atoms. The molecule has 162 valence electrons. The average molecular weight is 416 g/mol. The van der Waals surface area contributed by atoms with Crippen LogP contribution in [0, 0.1) is 5.92 Å². The van der Waals surface area contributed by atoms with Gasteiger partial charge in [0, 0.05) is 24.6 Å². The number of nitrogens with zero attached hydrogens (tertiary/aromatic N) is 4. The second-order valence-electron chi connectivity index (χ2n) is 7.57. The summed E-state index contributed by atoms with van der Waals surface area (Å²) in [5.41, 5.74) is 0.803. The van der Waals surface area contributed by atoms with Crippen LogP contribution in [0.4, 0.5) is 0 Å². The van der Waals surface area contributed by atoms with Crippen LogP contribution in [0.25, 0.3) is 11.4 Å². The summed E-state index contributed by atoms with van der Waals surface area (Å²) in [6.07, 6.45) is 1.71. The van der Waals surface area contributed by atoms with Gasteiger partial charge in [0.2, 0.25) is 17.6 Å². The van der Waals surface area contributed by atoms with E-state index < -0.39 is 0 Å². The van der Waals surface area contributed by atoms with E-state index >= 15 is 0 Å². The monoisotopic (exact) mass is 416 g/mol. The van der Waals surface area contributed by atoms with Gasteiger partial charge in [-0.3, -0.25) is 9.69 Å². The van der Waals surface area contributed by atoms with Gasteiger partial charge >= 0.3 is 0 Å². The lowest BCUT2D eigenvalue weighted by Gasteiger charge is -2.35. The summed E-state index contributed by atoms with van der Waals surface area (Å²) in [5, 5.41) is 4.11. The van der Waals surface area contributed by atoms with Crippen LogP contribution < -0.4 is 9.47 Å². The van der Waals surface area contributed by atoms with Crippen molar-refractivity contribution in [3.63, 3.8) is 0 Å². The Hall–Kier alpha value is -2.65. The van der Waals surface area contributed by atoms with Crippen molar-refractivity contribution in [2.75, 3.05) is 53.6 Å². The molecule has 2 saturated heterocycles. The van der Waals surface area contributed by atoms with Crippen LogP contribution in [0.1, 0.15) is 18.7 Å². The van der Waals surface area contributed by atoms with E-state index in [-0.39, 0.29) is 11.8 Å². The summed E-state index contributed by atoms with van der Waals surface area (Å²) in [5.74, 6) is 2.73. The fourth-order valence-corrected chi connectivity index (χ4v) is 3.98. The predicted molar refractivity (Wildman–Crippen MR) is 108 cm³/mol. The van der Waals surface area contributed by atoms with Gasteiger partial charge in [-0.25, -0.2) is 0 Å². The Labute approximate surface area is 175 Å². The smallest absolute Gasteiger partial charge is 0.241 e. The number of piperidine rings is 1. The third-order valence-electron chi connectivity index (χ3n) is 5.73. The molecule has 0 saturated carbocycles. The van der Waals surface area contributed by atoms with Crippen molar-refractivity contribution in [1.29, 1.82) is 0 Å². The first-order valence-corrected chi connectivity index (χ1v) is 10.3. The van der Waals surface area contributed by atoms with Gasteiger partial charge in [0.1, 0.15) is 0 Å². The minimum atomic E-state index is 0.101. The zero-order valence-electron chi connectivity index (χ0n) is 17.5. The normalized spacial score (nSPS) is 18.4. The van der Waals surface area contributed by atoms with Crippen LogP contribution in [-0.4, -0.2) is 79.5 Å². The third-order valence-corrected chi connectivity index (χ3v) is 5.73. The Morgan fingerprint density at radius 1 is 1.10 bits per heavy atom.